The molecule has 2 aromatic heterocycles. The maximum atomic E-state index is 13.5. The summed E-state index contributed by atoms with van der Waals surface area (Å²) < 4.78 is 41.8. The number of hydrogen-bond donors (Lipinski definition) is 0. The average Bonchev–Trinajstić information content (AvgIpc) is 3.52. The summed E-state index contributed by atoms with van der Waals surface area (Å²) in [6.45, 7) is 0.0778. The van der Waals surface area contributed by atoms with Gasteiger partial charge in [0.05, 0.1) is 40.8 Å². The molecular weight excluding hydrogens is 521 g/mol. The maximum Gasteiger partial charge on any atom is 0.416 e. The van der Waals surface area contributed by atoms with Crippen LogP contribution in [0.3, 0.4) is 0 Å². The van der Waals surface area contributed by atoms with Crippen molar-refractivity contribution in [2.24, 2.45) is 0 Å². The Morgan fingerprint density at radius 2 is 1.89 bits per heavy atom. The fourth-order valence-electron chi connectivity index (χ4n) is 3.70. The normalized spacial score (nSPS) is 15.7. The van der Waals surface area contributed by atoms with Gasteiger partial charge in [0.15, 0.2) is 0 Å². The quantitative estimate of drug-likeness (QED) is 0.275. The molecule has 0 bridgehead atoms. The van der Waals surface area contributed by atoms with E-state index in [4.69, 9.17) is 11.6 Å². The largest absolute Gasteiger partial charge is 0.416 e. The van der Waals surface area contributed by atoms with Gasteiger partial charge in [-0.2, -0.15) is 18.3 Å². The highest BCUT2D eigenvalue weighted by Crippen LogP contribution is 2.36. The second kappa shape index (κ2) is 9.14. The Labute approximate surface area is 210 Å². The summed E-state index contributed by atoms with van der Waals surface area (Å²) in [6.07, 6.45) is 0.241. The first-order valence-electron chi connectivity index (χ1n) is 10.1. The number of thiazole rings is 1. The minimum atomic E-state index is -4.54. The van der Waals surface area contributed by atoms with Crippen LogP contribution in [0.1, 0.15) is 21.6 Å². The highest BCUT2D eigenvalue weighted by Gasteiger charge is 2.35. The van der Waals surface area contributed by atoms with Crippen LogP contribution in [0.25, 0.3) is 17.0 Å². The lowest BCUT2D eigenvalue weighted by molar-refractivity contribution is -0.138. The Hall–Kier alpha value is -3.15. The number of nitrogens with zero attached hydrogens (tertiary/aromatic N) is 4. The zero-order chi connectivity index (χ0) is 24.7. The van der Waals surface area contributed by atoms with E-state index < -0.39 is 11.7 Å². The number of carbonyl (C=O) groups excluding carboxylic acids is 2. The van der Waals surface area contributed by atoms with Crippen molar-refractivity contribution >= 4 is 62.8 Å². The van der Waals surface area contributed by atoms with Crippen LogP contribution in [-0.4, -0.2) is 30.8 Å². The van der Waals surface area contributed by atoms with Crippen LogP contribution < -0.4 is 0 Å². The van der Waals surface area contributed by atoms with Gasteiger partial charge >= 0.3 is 6.18 Å². The fraction of sp³-hybridized carbons (Fsp3) is 0.130. The monoisotopic (exact) mass is 534 g/mol. The third-order valence-electron chi connectivity index (χ3n) is 5.33. The number of aromatic nitrogens is 3. The number of carbonyl (C=O) groups is 2. The van der Waals surface area contributed by atoms with Gasteiger partial charge in [0.25, 0.3) is 11.1 Å². The molecule has 4 aromatic rings. The highest BCUT2D eigenvalue weighted by molar-refractivity contribution is 8.18. The second-order valence-corrected chi connectivity index (χ2v) is 10.1. The molecule has 178 valence electrons. The number of halogens is 4. The molecule has 0 spiro atoms. The number of rotatable bonds is 5. The van der Waals surface area contributed by atoms with Crippen LogP contribution in [0, 0.1) is 0 Å². The topological polar surface area (TPSA) is 68.1 Å². The first kappa shape index (κ1) is 23.6. The molecule has 12 heteroatoms. The van der Waals surface area contributed by atoms with Gasteiger partial charge in [-0.05, 0) is 53.2 Å². The number of fused-ring (bicyclic) bond motifs is 1. The molecule has 3 heterocycles. The molecule has 0 N–H and O–H groups in total. The fourth-order valence-corrected chi connectivity index (χ4v) is 5.29. The second-order valence-electron chi connectivity index (χ2n) is 7.66. The minimum absolute atomic E-state index is 0.00695. The molecule has 0 atom stereocenters. The lowest BCUT2D eigenvalue weighted by Gasteiger charge is -2.14. The molecule has 2 aromatic carbocycles. The summed E-state index contributed by atoms with van der Waals surface area (Å²) in [6, 6.07) is 8.88. The Morgan fingerprint density at radius 3 is 2.63 bits per heavy atom. The summed E-state index contributed by atoms with van der Waals surface area (Å²) >= 11 is 7.99. The van der Waals surface area contributed by atoms with E-state index in [9.17, 15) is 22.8 Å². The summed E-state index contributed by atoms with van der Waals surface area (Å²) in [5, 5.41) is 4.58. The van der Waals surface area contributed by atoms with E-state index in [0.29, 0.717) is 21.4 Å². The highest BCUT2D eigenvalue weighted by atomic mass is 35.5. The number of alkyl halides is 3. The van der Waals surface area contributed by atoms with Crippen LogP contribution in [0.4, 0.5) is 18.0 Å². The molecule has 0 radical (unpaired) electrons. The molecule has 5 rings (SSSR count). The molecule has 6 nitrogen and oxygen atoms in total. The standard InChI is InChI=1S/C23H14ClF3N4O2S2/c24-16-3-2-14(18(7-16)23(25,26)27)10-31-19-4-1-13(5-15(19)8-29-31)6-20-21(32)30(22(33)35-20)11-17-9-28-12-34-17/h1-9,12H,10-11H2/b20-6-. The number of imide groups is 1. The van der Waals surface area contributed by atoms with Gasteiger partial charge in [-0.3, -0.25) is 24.2 Å². The van der Waals surface area contributed by atoms with Crippen LogP contribution in [0.2, 0.25) is 5.02 Å². The predicted octanol–water partition coefficient (Wildman–Crippen LogP) is 6.45. The molecular formula is C23H14ClF3N4O2S2. The summed E-state index contributed by atoms with van der Waals surface area (Å²) in [7, 11) is 0. The van der Waals surface area contributed by atoms with Crippen molar-refractivity contribution in [1.29, 1.82) is 0 Å². The SMILES string of the molecule is O=C1S/C(=C\c2ccc3c(cnn3Cc3ccc(Cl)cc3C(F)(F)F)c2)C(=O)N1Cc1cncs1. The van der Waals surface area contributed by atoms with E-state index >= 15 is 0 Å². The lowest BCUT2D eigenvalue weighted by Crippen LogP contribution is -2.27. The molecule has 2 amide bonds. The van der Waals surface area contributed by atoms with Gasteiger partial charge in [0, 0.05) is 21.5 Å². The van der Waals surface area contributed by atoms with Crippen molar-refractivity contribution in [1.82, 2.24) is 19.7 Å². The zero-order valence-corrected chi connectivity index (χ0v) is 20.0. The van der Waals surface area contributed by atoms with Crippen molar-refractivity contribution in [2.45, 2.75) is 19.3 Å². The third-order valence-corrected chi connectivity index (χ3v) is 7.24. The third kappa shape index (κ3) is 4.84. The van der Waals surface area contributed by atoms with E-state index in [1.54, 1.807) is 42.2 Å². The first-order valence-corrected chi connectivity index (χ1v) is 12.2. The Balaban J connectivity index is 1.40. The van der Waals surface area contributed by atoms with Gasteiger partial charge in [-0.15, -0.1) is 11.3 Å². The summed E-state index contributed by atoms with van der Waals surface area (Å²) in [5.41, 5.74) is 2.17. The molecule has 1 aliphatic heterocycles. The predicted molar refractivity (Wildman–Crippen MR) is 129 cm³/mol. The summed E-state index contributed by atoms with van der Waals surface area (Å²) in [4.78, 5) is 31.3. The van der Waals surface area contributed by atoms with Gasteiger partial charge < -0.3 is 0 Å². The molecule has 1 aliphatic rings. The van der Waals surface area contributed by atoms with Crippen molar-refractivity contribution in [3.05, 3.63) is 85.8 Å². The number of benzene rings is 2. The zero-order valence-electron chi connectivity index (χ0n) is 17.6. The number of thioether (sulfide) groups is 1. The molecule has 0 aliphatic carbocycles. The van der Waals surface area contributed by atoms with Crippen LogP contribution >= 0.6 is 34.7 Å². The Morgan fingerprint density at radius 1 is 1.06 bits per heavy atom. The van der Waals surface area contributed by atoms with Crippen molar-refractivity contribution in [2.75, 3.05) is 0 Å². The van der Waals surface area contributed by atoms with Crippen LogP contribution in [0.15, 0.2) is 59.2 Å². The minimum Gasteiger partial charge on any atom is -0.268 e. The van der Waals surface area contributed by atoms with E-state index in [1.165, 1.54) is 33.1 Å². The van der Waals surface area contributed by atoms with Crippen molar-refractivity contribution in [3.8, 4) is 0 Å². The van der Waals surface area contributed by atoms with E-state index in [1.807, 2.05) is 0 Å². The smallest absolute Gasteiger partial charge is 0.268 e. The molecule has 1 fully saturated rings. The van der Waals surface area contributed by atoms with E-state index in [2.05, 4.69) is 10.1 Å². The molecule has 0 saturated carbocycles. The van der Waals surface area contributed by atoms with Gasteiger partial charge in [-0.25, -0.2) is 0 Å². The van der Waals surface area contributed by atoms with Gasteiger partial charge in [-0.1, -0.05) is 23.7 Å². The first-order chi connectivity index (χ1) is 16.7. The number of amides is 2. The van der Waals surface area contributed by atoms with Crippen molar-refractivity contribution in [3.63, 3.8) is 0 Å². The Bertz CT molecular complexity index is 1480. The van der Waals surface area contributed by atoms with Crippen molar-refractivity contribution < 1.29 is 22.8 Å². The van der Waals surface area contributed by atoms with Crippen LogP contribution in [-0.2, 0) is 24.1 Å². The van der Waals surface area contributed by atoms with E-state index in [-0.39, 0.29) is 34.8 Å². The number of hydrogen-bond acceptors (Lipinski definition) is 6. The molecule has 0 unspecified atom stereocenters. The maximum absolute atomic E-state index is 13.5. The van der Waals surface area contributed by atoms with Crippen LogP contribution in [0.5, 0.6) is 0 Å². The lowest BCUT2D eigenvalue weighted by atomic mass is 10.1. The summed E-state index contributed by atoms with van der Waals surface area (Å²) in [5.74, 6) is -0.383. The average molecular weight is 535 g/mol. The van der Waals surface area contributed by atoms with Gasteiger partial charge in [0.2, 0.25) is 0 Å². The van der Waals surface area contributed by atoms with Gasteiger partial charge in [0.1, 0.15) is 0 Å². The molecule has 1 saturated heterocycles. The Kier molecular flexibility index (Phi) is 6.16. The van der Waals surface area contributed by atoms with E-state index in [0.717, 1.165) is 22.7 Å². The molecule has 35 heavy (non-hydrogen) atoms.